The topological polar surface area (TPSA) is 125 Å². The van der Waals surface area contributed by atoms with E-state index < -0.39 is 40.6 Å². The molecule has 8 nitrogen and oxygen atoms in total. The monoisotopic (exact) mass is 415 g/mol. The molecule has 9 heteroatoms. The first-order chi connectivity index (χ1) is 13.7. The molecule has 29 heavy (non-hydrogen) atoms. The highest BCUT2D eigenvalue weighted by Crippen LogP contribution is 2.39. The molecular formula is C20H21N3O5S. The lowest BCUT2D eigenvalue weighted by Gasteiger charge is -2.22. The third-order valence-electron chi connectivity index (χ3n) is 4.83. The van der Waals surface area contributed by atoms with Gasteiger partial charge in [-0.2, -0.15) is 9.98 Å². The predicted molar refractivity (Wildman–Crippen MR) is 105 cm³/mol. The van der Waals surface area contributed by atoms with Crippen LogP contribution in [0, 0.1) is 17.2 Å². The Morgan fingerprint density at radius 2 is 1.90 bits per heavy atom. The van der Waals surface area contributed by atoms with Gasteiger partial charge in [0.25, 0.3) is 5.91 Å². The molecule has 0 spiro atoms. The van der Waals surface area contributed by atoms with Crippen molar-refractivity contribution in [2.75, 3.05) is 13.2 Å². The van der Waals surface area contributed by atoms with Crippen molar-refractivity contribution in [1.82, 2.24) is 10.0 Å². The fraction of sp³-hybridized carbons (Fsp3) is 0.350. The van der Waals surface area contributed by atoms with E-state index in [-0.39, 0.29) is 10.8 Å². The number of ether oxygens (including phenoxy) is 1. The van der Waals surface area contributed by atoms with Gasteiger partial charge in [-0.25, -0.2) is 8.42 Å². The molecule has 0 saturated heterocycles. The lowest BCUT2D eigenvalue weighted by atomic mass is 9.98. The van der Waals surface area contributed by atoms with Crippen molar-refractivity contribution in [2.24, 2.45) is 5.92 Å². The van der Waals surface area contributed by atoms with Crippen LogP contribution in [0.4, 0.5) is 0 Å². The summed E-state index contributed by atoms with van der Waals surface area (Å²) in [7, 11) is -3.92. The molecule has 0 heterocycles. The third-order valence-corrected chi connectivity index (χ3v) is 6.23. The van der Waals surface area contributed by atoms with E-state index in [1.165, 1.54) is 12.1 Å². The maximum absolute atomic E-state index is 12.4. The average molecular weight is 415 g/mol. The van der Waals surface area contributed by atoms with Crippen LogP contribution in [0.2, 0.25) is 0 Å². The molecule has 1 aliphatic carbocycles. The molecule has 2 aromatic rings. The summed E-state index contributed by atoms with van der Waals surface area (Å²) in [4.78, 5) is 23.8. The van der Waals surface area contributed by atoms with Gasteiger partial charge < -0.3 is 10.1 Å². The largest absolute Gasteiger partial charge is 0.455 e. The molecule has 1 aliphatic rings. The van der Waals surface area contributed by atoms with Crippen LogP contribution >= 0.6 is 0 Å². The van der Waals surface area contributed by atoms with Gasteiger partial charge in [-0.05, 0) is 48.6 Å². The summed E-state index contributed by atoms with van der Waals surface area (Å²) >= 11 is 0. The van der Waals surface area contributed by atoms with Crippen molar-refractivity contribution < 1.29 is 22.7 Å². The summed E-state index contributed by atoms with van der Waals surface area (Å²) in [6.07, 6.45) is 1.72. The van der Waals surface area contributed by atoms with Crippen molar-refractivity contribution in [3.63, 3.8) is 0 Å². The number of esters is 1. The smallest absolute Gasteiger partial charge is 0.321 e. The van der Waals surface area contributed by atoms with Crippen molar-refractivity contribution in [2.45, 2.75) is 30.2 Å². The van der Waals surface area contributed by atoms with E-state index in [1.807, 2.05) is 12.1 Å². The SMILES string of the molecule is C[C@@](C#N)(NC(=O)COC(=O)CNS(=O)(=O)c1ccc2ccccc2c1)C1CC1. The summed E-state index contributed by atoms with van der Waals surface area (Å²) in [5.74, 6) is -1.40. The molecule has 0 unspecified atom stereocenters. The number of amides is 1. The van der Waals surface area contributed by atoms with E-state index in [0.717, 1.165) is 23.6 Å². The van der Waals surface area contributed by atoms with Gasteiger partial charge in [0, 0.05) is 0 Å². The van der Waals surface area contributed by atoms with Crippen LogP contribution in [0.5, 0.6) is 0 Å². The number of rotatable bonds is 8. The van der Waals surface area contributed by atoms with Crippen LogP contribution in [-0.4, -0.2) is 39.0 Å². The number of nitrogens with zero attached hydrogens (tertiary/aromatic N) is 1. The van der Waals surface area contributed by atoms with Crippen LogP contribution in [0.15, 0.2) is 47.4 Å². The van der Waals surface area contributed by atoms with E-state index >= 15 is 0 Å². The van der Waals surface area contributed by atoms with E-state index in [0.29, 0.717) is 0 Å². The Morgan fingerprint density at radius 3 is 2.55 bits per heavy atom. The Morgan fingerprint density at radius 1 is 1.21 bits per heavy atom. The number of hydrogen-bond acceptors (Lipinski definition) is 6. The first kappa shape index (κ1) is 20.8. The Kier molecular flexibility index (Phi) is 5.86. The fourth-order valence-corrected chi connectivity index (χ4v) is 3.98. The number of carbonyl (C=O) groups is 2. The number of fused-ring (bicyclic) bond motifs is 1. The second kappa shape index (κ2) is 8.19. The Bertz CT molecular complexity index is 1090. The zero-order valence-corrected chi connectivity index (χ0v) is 16.7. The van der Waals surface area contributed by atoms with Gasteiger partial charge in [-0.1, -0.05) is 30.3 Å². The first-order valence-electron chi connectivity index (χ1n) is 9.10. The quantitative estimate of drug-likeness (QED) is 0.629. The summed E-state index contributed by atoms with van der Waals surface area (Å²) in [6, 6.07) is 14.0. The van der Waals surface area contributed by atoms with Crippen molar-refractivity contribution in [3.8, 4) is 6.07 Å². The van der Waals surface area contributed by atoms with Crippen LogP contribution in [0.25, 0.3) is 10.8 Å². The average Bonchev–Trinajstić information content (AvgIpc) is 3.56. The van der Waals surface area contributed by atoms with Gasteiger partial charge in [0.05, 0.1) is 11.0 Å². The highest BCUT2D eigenvalue weighted by atomic mass is 32.2. The first-order valence-corrected chi connectivity index (χ1v) is 10.6. The van der Waals surface area contributed by atoms with E-state index in [1.54, 1.807) is 25.1 Å². The second-order valence-corrected chi connectivity index (χ2v) is 8.90. The lowest BCUT2D eigenvalue weighted by molar-refractivity contribution is -0.147. The molecule has 1 amide bonds. The Balaban J connectivity index is 1.51. The van der Waals surface area contributed by atoms with Gasteiger partial charge in [0.15, 0.2) is 6.61 Å². The highest BCUT2D eigenvalue weighted by Gasteiger charge is 2.43. The zero-order valence-electron chi connectivity index (χ0n) is 15.8. The number of benzene rings is 2. The highest BCUT2D eigenvalue weighted by molar-refractivity contribution is 7.89. The molecule has 1 saturated carbocycles. The predicted octanol–water partition coefficient (Wildman–Crippen LogP) is 1.47. The van der Waals surface area contributed by atoms with E-state index in [4.69, 9.17) is 4.74 Å². The molecular weight excluding hydrogens is 394 g/mol. The fourth-order valence-electron chi connectivity index (χ4n) is 2.98. The van der Waals surface area contributed by atoms with Crippen molar-refractivity contribution >= 4 is 32.7 Å². The summed E-state index contributed by atoms with van der Waals surface area (Å²) in [5.41, 5.74) is -0.985. The molecule has 0 bridgehead atoms. The maximum Gasteiger partial charge on any atom is 0.321 e. The molecule has 2 aromatic carbocycles. The molecule has 0 aliphatic heterocycles. The van der Waals surface area contributed by atoms with Crippen LogP contribution in [0.3, 0.4) is 0 Å². The van der Waals surface area contributed by atoms with Crippen molar-refractivity contribution in [1.29, 1.82) is 5.26 Å². The van der Waals surface area contributed by atoms with Gasteiger partial charge in [0.2, 0.25) is 10.0 Å². The van der Waals surface area contributed by atoms with Crippen LogP contribution in [0.1, 0.15) is 19.8 Å². The van der Waals surface area contributed by atoms with Crippen LogP contribution < -0.4 is 10.0 Å². The number of hydrogen-bond donors (Lipinski definition) is 2. The minimum Gasteiger partial charge on any atom is -0.455 e. The van der Waals surface area contributed by atoms with Crippen molar-refractivity contribution in [3.05, 3.63) is 42.5 Å². The zero-order chi connectivity index (χ0) is 21.1. The normalized spacial score (nSPS) is 15.9. The Hall–Kier alpha value is -2.96. The molecule has 0 aromatic heterocycles. The van der Waals surface area contributed by atoms with Gasteiger partial charge in [0.1, 0.15) is 12.1 Å². The number of nitrogens with one attached hydrogen (secondary N) is 2. The molecule has 152 valence electrons. The standard InChI is InChI=1S/C20H21N3O5S/c1-20(13-21,16-7-8-16)23-18(24)12-28-19(25)11-22-29(26,27)17-9-6-14-4-2-3-5-15(14)10-17/h2-6,9-10,16,22H,7-8,11-12H2,1H3,(H,23,24)/t20-/m0/s1. The van der Waals surface area contributed by atoms with Crippen LogP contribution in [-0.2, 0) is 24.3 Å². The van der Waals surface area contributed by atoms with Gasteiger partial charge in [-0.3, -0.25) is 9.59 Å². The molecule has 2 N–H and O–H groups in total. The molecule has 3 rings (SSSR count). The molecule has 1 atom stereocenters. The lowest BCUT2D eigenvalue weighted by Crippen LogP contribution is -2.48. The molecule has 0 radical (unpaired) electrons. The summed E-state index contributed by atoms with van der Waals surface area (Å²) in [6.45, 7) is 0.434. The van der Waals surface area contributed by atoms with Gasteiger partial charge in [-0.15, -0.1) is 0 Å². The Labute approximate surface area is 168 Å². The molecule has 1 fully saturated rings. The summed E-state index contributed by atoms with van der Waals surface area (Å²) < 4.78 is 31.8. The number of sulfonamides is 1. The maximum atomic E-state index is 12.4. The second-order valence-electron chi connectivity index (χ2n) is 7.13. The number of nitriles is 1. The van der Waals surface area contributed by atoms with E-state index in [9.17, 15) is 23.3 Å². The van der Waals surface area contributed by atoms with E-state index in [2.05, 4.69) is 16.1 Å². The van der Waals surface area contributed by atoms with Gasteiger partial charge >= 0.3 is 5.97 Å². The minimum absolute atomic E-state index is 0.0240. The minimum atomic E-state index is -3.92. The summed E-state index contributed by atoms with van der Waals surface area (Å²) in [5, 5.41) is 13.4. The third kappa shape index (κ3) is 5.10. The number of carbonyl (C=O) groups excluding carboxylic acids is 2.